The van der Waals surface area contributed by atoms with Gasteiger partial charge in [-0.2, -0.15) is 0 Å². The van der Waals surface area contributed by atoms with Crippen molar-refractivity contribution in [3.8, 4) is 5.75 Å². The predicted molar refractivity (Wildman–Crippen MR) is 63.1 cm³/mol. The average Bonchev–Trinajstić information content (AvgIpc) is 2.89. The molecule has 17 heavy (non-hydrogen) atoms. The lowest BCUT2D eigenvalue weighted by Crippen LogP contribution is -2.45. The third-order valence-corrected chi connectivity index (χ3v) is 4.00. The van der Waals surface area contributed by atoms with Gasteiger partial charge in [-0.1, -0.05) is 12.1 Å². The SMILES string of the molecule is O=C(O)C1C2CCC(C2)N1c1ccccc1O. The third kappa shape index (κ3) is 1.47. The number of para-hydroxylation sites is 2. The Kier molecular flexibility index (Phi) is 2.24. The van der Waals surface area contributed by atoms with Crippen LogP contribution >= 0.6 is 0 Å². The minimum atomic E-state index is -0.777. The fourth-order valence-electron chi connectivity index (χ4n) is 3.33. The van der Waals surface area contributed by atoms with Crippen molar-refractivity contribution in [2.24, 2.45) is 5.92 Å². The maximum atomic E-state index is 11.4. The van der Waals surface area contributed by atoms with Crippen molar-refractivity contribution in [3.05, 3.63) is 24.3 Å². The summed E-state index contributed by atoms with van der Waals surface area (Å²) in [5, 5.41) is 19.2. The third-order valence-electron chi connectivity index (χ3n) is 4.00. The number of phenolic OH excluding ortho intramolecular Hbond substituents is 1. The summed E-state index contributed by atoms with van der Waals surface area (Å²) in [5.74, 6) is -0.371. The molecular weight excluding hydrogens is 218 g/mol. The van der Waals surface area contributed by atoms with E-state index in [0.29, 0.717) is 5.69 Å². The Hall–Kier alpha value is -1.71. The summed E-state index contributed by atoms with van der Waals surface area (Å²) in [4.78, 5) is 13.3. The van der Waals surface area contributed by atoms with E-state index in [4.69, 9.17) is 0 Å². The predicted octanol–water partition coefficient (Wildman–Crippen LogP) is 1.83. The van der Waals surface area contributed by atoms with Crippen molar-refractivity contribution in [2.45, 2.75) is 31.3 Å². The molecule has 0 aromatic heterocycles. The zero-order valence-corrected chi connectivity index (χ0v) is 9.41. The highest BCUT2D eigenvalue weighted by molar-refractivity contribution is 5.81. The number of fused-ring (bicyclic) bond motifs is 2. The van der Waals surface area contributed by atoms with Gasteiger partial charge in [-0.15, -0.1) is 0 Å². The molecule has 1 aromatic carbocycles. The first-order valence-corrected chi connectivity index (χ1v) is 5.97. The number of benzene rings is 1. The number of anilines is 1. The number of phenols is 1. The van der Waals surface area contributed by atoms with E-state index in [2.05, 4.69) is 0 Å². The number of rotatable bonds is 2. The van der Waals surface area contributed by atoms with Gasteiger partial charge in [0.15, 0.2) is 0 Å². The number of hydrogen-bond acceptors (Lipinski definition) is 3. The van der Waals surface area contributed by atoms with Gasteiger partial charge >= 0.3 is 5.97 Å². The number of carbonyl (C=O) groups is 1. The van der Waals surface area contributed by atoms with Crippen LogP contribution in [0, 0.1) is 5.92 Å². The highest BCUT2D eigenvalue weighted by Crippen LogP contribution is 2.46. The normalized spacial score (nSPS) is 30.8. The summed E-state index contributed by atoms with van der Waals surface area (Å²) < 4.78 is 0. The lowest BCUT2D eigenvalue weighted by Gasteiger charge is -2.34. The Morgan fingerprint density at radius 1 is 1.29 bits per heavy atom. The monoisotopic (exact) mass is 233 g/mol. The lowest BCUT2D eigenvalue weighted by atomic mass is 9.98. The number of nitrogens with zero attached hydrogens (tertiary/aromatic N) is 1. The quantitative estimate of drug-likeness (QED) is 0.818. The Morgan fingerprint density at radius 2 is 2.06 bits per heavy atom. The minimum absolute atomic E-state index is 0.173. The van der Waals surface area contributed by atoms with Crippen LogP contribution in [-0.2, 0) is 4.79 Å². The van der Waals surface area contributed by atoms with Gasteiger partial charge in [0.1, 0.15) is 11.8 Å². The Morgan fingerprint density at radius 3 is 2.76 bits per heavy atom. The van der Waals surface area contributed by atoms with E-state index in [9.17, 15) is 15.0 Å². The van der Waals surface area contributed by atoms with Crippen LogP contribution in [0.4, 0.5) is 5.69 Å². The van der Waals surface area contributed by atoms with Gasteiger partial charge in [-0.25, -0.2) is 4.79 Å². The van der Waals surface area contributed by atoms with Gasteiger partial charge < -0.3 is 15.1 Å². The number of carboxylic acid groups (broad SMARTS) is 1. The molecule has 2 fully saturated rings. The molecule has 1 aromatic rings. The molecule has 1 saturated carbocycles. The molecule has 0 spiro atoms. The Balaban J connectivity index is 2.02. The van der Waals surface area contributed by atoms with Crippen molar-refractivity contribution < 1.29 is 15.0 Å². The zero-order valence-electron chi connectivity index (χ0n) is 9.41. The molecule has 90 valence electrons. The maximum absolute atomic E-state index is 11.4. The molecule has 3 rings (SSSR count). The molecule has 2 aliphatic rings. The average molecular weight is 233 g/mol. The Labute approximate surface area is 99.5 Å². The van der Waals surface area contributed by atoms with E-state index in [-0.39, 0.29) is 17.7 Å². The zero-order chi connectivity index (χ0) is 12.0. The van der Waals surface area contributed by atoms with E-state index in [1.807, 2.05) is 11.0 Å². The van der Waals surface area contributed by atoms with Gasteiger partial charge in [-0.05, 0) is 37.3 Å². The van der Waals surface area contributed by atoms with Gasteiger partial charge in [0.2, 0.25) is 0 Å². The van der Waals surface area contributed by atoms with Crippen LogP contribution in [0.2, 0.25) is 0 Å². The fourth-order valence-corrected chi connectivity index (χ4v) is 3.33. The highest BCUT2D eigenvalue weighted by atomic mass is 16.4. The topological polar surface area (TPSA) is 60.8 Å². The molecule has 3 unspecified atom stereocenters. The molecule has 1 heterocycles. The summed E-state index contributed by atoms with van der Waals surface area (Å²) in [6.07, 6.45) is 2.96. The molecule has 2 N–H and O–H groups in total. The van der Waals surface area contributed by atoms with Gasteiger partial charge in [-0.3, -0.25) is 0 Å². The molecular formula is C13H15NO3. The van der Waals surface area contributed by atoms with Crippen LogP contribution in [0.5, 0.6) is 5.75 Å². The van der Waals surface area contributed by atoms with Crippen LogP contribution in [0.25, 0.3) is 0 Å². The van der Waals surface area contributed by atoms with Crippen LogP contribution in [0.1, 0.15) is 19.3 Å². The van der Waals surface area contributed by atoms with Crippen molar-refractivity contribution in [2.75, 3.05) is 4.90 Å². The van der Waals surface area contributed by atoms with Crippen molar-refractivity contribution in [3.63, 3.8) is 0 Å². The summed E-state index contributed by atoms with van der Waals surface area (Å²) in [6, 6.07) is 6.80. The smallest absolute Gasteiger partial charge is 0.326 e. The molecule has 2 bridgehead atoms. The van der Waals surface area contributed by atoms with Gasteiger partial charge in [0.25, 0.3) is 0 Å². The molecule has 3 atom stereocenters. The first-order valence-electron chi connectivity index (χ1n) is 5.97. The minimum Gasteiger partial charge on any atom is -0.506 e. The van der Waals surface area contributed by atoms with Crippen molar-refractivity contribution >= 4 is 11.7 Å². The largest absolute Gasteiger partial charge is 0.506 e. The van der Waals surface area contributed by atoms with E-state index in [1.165, 1.54) is 0 Å². The fraction of sp³-hybridized carbons (Fsp3) is 0.462. The van der Waals surface area contributed by atoms with Crippen LogP contribution in [0.3, 0.4) is 0 Å². The van der Waals surface area contributed by atoms with Crippen molar-refractivity contribution in [1.82, 2.24) is 0 Å². The number of carboxylic acids is 1. The van der Waals surface area contributed by atoms with E-state index in [1.54, 1.807) is 18.2 Å². The molecule has 1 aliphatic carbocycles. The second kappa shape index (κ2) is 3.65. The van der Waals surface area contributed by atoms with Crippen LogP contribution in [0.15, 0.2) is 24.3 Å². The summed E-state index contributed by atoms with van der Waals surface area (Å²) in [7, 11) is 0. The first kappa shape index (κ1) is 10.4. The summed E-state index contributed by atoms with van der Waals surface area (Å²) in [6.45, 7) is 0. The maximum Gasteiger partial charge on any atom is 0.326 e. The second-order valence-electron chi connectivity index (χ2n) is 4.91. The van der Waals surface area contributed by atoms with Crippen LogP contribution < -0.4 is 4.90 Å². The summed E-state index contributed by atoms with van der Waals surface area (Å²) in [5.41, 5.74) is 0.659. The molecule has 0 amide bonds. The highest BCUT2D eigenvalue weighted by Gasteiger charge is 2.49. The van der Waals surface area contributed by atoms with Gasteiger partial charge in [0.05, 0.1) is 5.69 Å². The van der Waals surface area contributed by atoms with Gasteiger partial charge in [0, 0.05) is 6.04 Å². The molecule has 1 saturated heterocycles. The number of piperidine rings is 1. The molecule has 4 nitrogen and oxygen atoms in total. The Bertz CT molecular complexity index is 460. The molecule has 4 heteroatoms. The number of hydrogen-bond donors (Lipinski definition) is 2. The molecule has 0 radical (unpaired) electrons. The standard InChI is InChI=1S/C13H15NO3/c15-11-4-2-1-3-10(11)14-9-6-5-8(7-9)12(14)13(16)17/h1-4,8-9,12,15H,5-7H2,(H,16,17). The van der Waals surface area contributed by atoms with Crippen LogP contribution in [-0.4, -0.2) is 28.3 Å². The van der Waals surface area contributed by atoms with E-state index in [0.717, 1.165) is 19.3 Å². The number of aliphatic carboxylic acids is 1. The van der Waals surface area contributed by atoms with E-state index < -0.39 is 12.0 Å². The number of aromatic hydroxyl groups is 1. The summed E-state index contributed by atoms with van der Waals surface area (Å²) >= 11 is 0. The van der Waals surface area contributed by atoms with Crippen molar-refractivity contribution in [1.29, 1.82) is 0 Å². The second-order valence-corrected chi connectivity index (χ2v) is 4.91. The lowest BCUT2D eigenvalue weighted by molar-refractivity contribution is -0.139. The first-order chi connectivity index (χ1) is 8.18. The molecule has 1 aliphatic heterocycles. The van der Waals surface area contributed by atoms with E-state index >= 15 is 0 Å².